The molecular weight excluding hydrogens is 414 g/mol. The van der Waals surface area contributed by atoms with Gasteiger partial charge in [0.15, 0.2) is 0 Å². The molecule has 1 aromatic carbocycles. The molecule has 1 aromatic rings. The van der Waals surface area contributed by atoms with E-state index in [2.05, 4.69) is 30.0 Å². The molecule has 5 nitrogen and oxygen atoms in total. The van der Waals surface area contributed by atoms with Gasteiger partial charge in [0.05, 0.1) is 0 Å². The molecular formula is C28H31NO4. The van der Waals surface area contributed by atoms with Crippen LogP contribution in [0.1, 0.15) is 57.4 Å². The van der Waals surface area contributed by atoms with E-state index in [-0.39, 0.29) is 17.4 Å². The van der Waals surface area contributed by atoms with Crippen LogP contribution in [0.15, 0.2) is 53.8 Å². The Bertz CT molecular complexity index is 1030. The monoisotopic (exact) mass is 445 g/mol. The first-order valence-corrected chi connectivity index (χ1v) is 12.5. The number of hydrogen-bond donors (Lipinski definition) is 0. The number of ether oxygens (including phenoxy) is 2. The van der Waals surface area contributed by atoms with Crippen molar-refractivity contribution in [1.29, 1.82) is 0 Å². The fourth-order valence-corrected chi connectivity index (χ4v) is 6.97. The van der Waals surface area contributed by atoms with E-state index in [1.165, 1.54) is 12.0 Å². The van der Waals surface area contributed by atoms with Crippen LogP contribution in [-0.4, -0.2) is 24.3 Å². The molecule has 0 N–H and O–H groups in total. The molecule has 5 heteroatoms. The Morgan fingerprint density at radius 1 is 0.939 bits per heavy atom. The van der Waals surface area contributed by atoms with Crippen molar-refractivity contribution in [3.63, 3.8) is 0 Å². The number of anilines is 1. The number of unbranched alkanes of at least 4 members (excludes halogenated alkanes) is 1. The number of benzene rings is 1. The maximum atomic E-state index is 13.1. The Labute approximate surface area is 195 Å². The van der Waals surface area contributed by atoms with Gasteiger partial charge >= 0.3 is 11.9 Å². The highest BCUT2D eigenvalue weighted by atomic mass is 16.7. The zero-order valence-electron chi connectivity index (χ0n) is 19.2. The summed E-state index contributed by atoms with van der Waals surface area (Å²) in [5, 5.41) is 0. The molecule has 0 amide bonds. The summed E-state index contributed by atoms with van der Waals surface area (Å²) < 4.78 is 12.0. The quantitative estimate of drug-likeness (QED) is 0.354. The Morgan fingerprint density at radius 3 is 2.27 bits per heavy atom. The second kappa shape index (κ2) is 7.89. The van der Waals surface area contributed by atoms with Crippen molar-refractivity contribution in [2.45, 2.75) is 57.7 Å². The van der Waals surface area contributed by atoms with Crippen LogP contribution in [0.5, 0.6) is 0 Å². The molecule has 7 rings (SSSR count). The number of fused-ring (bicyclic) bond motifs is 1. The minimum absolute atomic E-state index is 0.00960. The smallest absolute Gasteiger partial charge is 0.348 e. The summed E-state index contributed by atoms with van der Waals surface area (Å²) in [5.74, 6) is -0.373. The number of allylic oxidation sites excluding steroid dienone is 3. The van der Waals surface area contributed by atoms with Crippen LogP contribution >= 0.6 is 0 Å². The van der Waals surface area contributed by atoms with E-state index in [4.69, 9.17) is 9.47 Å². The second-order valence-electron chi connectivity index (χ2n) is 10.4. The Hall–Kier alpha value is -2.82. The summed E-state index contributed by atoms with van der Waals surface area (Å²) in [4.78, 5) is 28.4. The number of esters is 2. The molecule has 4 saturated carbocycles. The van der Waals surface area contributed by atoms with Crippen LogP contribution in [0.2, 0.25) is 0 Å². The van der Waals surface area contributed by atoms with E-state index in [1.807, 2.05) is 24.3 Å². The van der Waals surface area contributed by atoms with Crippen LogP contribution < -0.4 is 4.90 Å². The standard InChI is InChI=1S/C28H31NO4/c1-2-3-12-29-23(9-8-20-6-4-5-7-25(20)29)10-11-24-26(30)32-28(33-27(24)31)21-14-18-13-19(16-21)17-22(28)15-18/h4-11,18-19,21-22H,2-3,12-17H2,1H3. The van der Waals surface area contributed by atoms with E-state index in [1.54, 1.807) is 6.08 Å². The van der Waals surface area contributed by atoms with Crippen molar-refractivity contribution >= 4 is 23.7 Å². The second-order valence-corrected chi connectivity index (χ2v) is 10.4. The van der Waals surface area contributed by atoms with Crippen LogP contribution in [0.4, 0.5) is 5.69 Å². The molecule has 2 heterocycles. The number of para-hydroxylation sites is 1. The Kier molecular flexibility index (Phi) is 4.97. The number of nitrogens with zero attached hydrogens (tertiary/aromatic N) is 1. The molecule has 4 aliphatic carbocycles. The molecule has 0 atom stereocenters. The zero-order chi connectivity index (χ0) is 22.6. The lowest BCUT2D eigenvalue weighted by atomic mass is 9.53. The first-order valence-electron chi connectivity index (χ1n) is 12.5. The lowest BCUT2D eigenvalue weighted by Crippen LogP contribution is -2.63. The van der Waals surface area contributed by atoms with E-state index in [0.29, 0.717) is 11.8 Å². The molecule has 33 heavy (non-hydrogen) atoms. The Balaban J connectivity index is 1.27. The summed E-state index contributed by atoms with van der Waals surface area (Å²) in [5.41, 5.74) is 3.24. The van der Waals surface area contributed by atoms with Crippen LogP contribution in [0, 0.1) is 23.7 Å². The third-order valence-corrected chi connectivity index (χ3v) is 8.35. The van der Waals surface area contributed by atoms with E-state index >= 15 is 0 Å². The summed E-state index contributed by atoms with van der Waals surface area (Å²) in [6, 6.07) is 8.27. The van der Waals surface area contributed by atoms with Crippen molar-refractivity contribution in [3.05, 3.63) is 59.3 Å². The minimum Gasteiger partial charge on any atom is -0.418 e. The SMILES string of the molecule is CCCCN1C(=CC=C2C(=O)OC3(OC2=O)C2CC4CC(C2)CC3C4)C=Cc2ccccc21. The van der Waals surface area contributed by atoms with Crippen LogP contribution in [0.3, 0.4) is 0 Å². The molecule has 6 aliphatic rings. The third-order valence-electron chi connectivity index (χ3n) is 8.35. The number of carbonyl (C=O) groups is 2. The van der Waals surface area contributed by atoms with Gasteiger partial charge in [-0.3, -0.25) is 0 Å². The maximum absolute atomic E-state index is 13.1. The van der Waals surface area contributed by atoms with Crippen LogP contribution in [0.25, 0.3) is 6.08 Å². The van der Waals surface area contributed by atoms with Crippen molar-refractivity contribution in [3.8, 4) is 0 Å². The van der Waals surface area contributed by atoms with Gasteiger partial charge in [-0.15, -0.1) is 0 Å². The highest BCUT2D eigenvalue weighted by Gasteiger charge is 2.64. The fraction of sp³-hybridized carbons (Fsp3) is 0.500. The van der Waals surface area contributed by atoms with Gasteiger partial charge in [-0.2, -0.15) is 0 Å². The molecule has 2 aliphatic heterocycles. The van der Waals surface area contributed by atoms with E-state index in [9.17, 15) is 9.59 Å². The van der Waals surface area contributed by atoms with Gasteiger partial charge in [-0.25, -0.2) is 9.59 Å². The summed E-state index contributed by atoms with van der Waals surface area (Å²) in [7, 11) is 0. The summed E-state index contributed by atoms with van der Waals surface area (Å²) in [6.45, 7) is 3.04. The maximum Gasteiger partial charge on any atom is 0.348 e. The van der Waals surface area contributed by atoms with Crippen molar-refractivity contribution in [2.24, 2.45) is 23.7 Å². The fourth-order valence-electron chi connectivity index (χ4n) is 6.97. The average Bonchev–Trinajstić information content (AvgIpc) is 2.80. The van der Waals surface area contributed by atoms with Gasteiger partial charge in [-0.05, 0) is 80.2 Å². The lowest BCUT2D eigenvalue weighted by Gasteiger charge is -2.59. The van der Waals surface area contributed by atoms with Gasteiger partial charge in [0.25, 0.3) is 5.79 Å². The van der Waals surface area contributed by atoms with Gasteiger partial charge in [0.1, 0.15) is 5.57 Å². The predicted octanol–water partition coefficient (Wildman–Crippen LogP) is 5.38. The number of hydrogen-bond acceptors (Lipinski definition) is 5. The molecule has 172 valence electrons. The molecule has 0 unspecified atom stereocenters. The average molecular weight is 446 g/mol. The van der Waals surface area contributed by atoms with Gasteiger partial charge in [0.2, 0.25) is 0 Å². The lowest BCUT2D eigenvalue weighted by molar-refractivity contribution is -0.313. The molecule has 1 spiro atoms. The largest absolute Gasteiger partial charge is 0.418 e. The number of carbonyl (C=O) groups excluding carboxylic acids is 2. The number of rotatable bonds is 4. The van der Waals surface area contributed by atoms with Crippen molar-refractivity contribution in [1.82, 2.24) is 0 Å². The molecule has 1 saturated heterocycles. The Morgan fingerprint density at radius 2 is 1.61 bits per heavy atom. The first-order chi connectivity index (χ1) is 16.1. The van der Waals surface area contributed by atoms with Crippen LogP contribution in [-0.2, 0) is 19.1 Å². The van der Waals surface area contributed by atoms with E-state index < -0.39 is 17.7 Å². The molecule has 0 aromatic heterocycles. The molecule has 0 radical (unpaired) electrons. The summed E-state index contributed by atoms with van der Waals surface area (Å²) in [6.07, 6.45) is 15.0. The summed E-state index contributed by atoms with van der Waals surface area (Å²) >= 11 is 0. The zero-order valence-corrected chi connectivity index (χ0v) is 19.2. The highest BCUT2D eigenvalue weighted by molar-refractivity contribution is 6.15. The third kappa shape index (κ3) is 3.35. The minimum atomic E-state index is -1.02. The van der Waals surface area contributed by atoms with Gasteiger partial charge in [0, 0.05) is 29.8 Å². The van der Waals surface area contributed by atoms with Crippen molar-refractivity contribution in [2.75, 3.05) is 11.4 Å². The first kappa shape index (κ1) is 20.8. The molecule has 4 bridgehead atoms. The van der Waals surface area contributed by atoms with Gasteiger partial charge < -0.3 is 14.4 Å². The van der Waals surface area contributed by atoms with Gasteiger partial charge in [-0.1, -0.05) is 37.6 Å². The van der Waals surface area contributed by atoms with E-state index in [0.717, 1.165) is 56.5 Å². The molecule has 5 fully saturated rings. The van der Waals surface area contributed by atoms with Crippen molar-refractivity contribution < 1.29 is 19.1 Å². The highest BCUT2D eigenvalue weighted by Crippen LogP contribution is 2.61. The topological polar surface area (TPSA) is 55.8 Å². The normalized spacial score (nSPS) is 35.1. The predicted molar refractivity (Wildman–Crippen MR) is 126 cm³/mol.